The Kier molecular flexibility index (Phi) is 5.65. The number of benzene rings is 2. The summed E-state index contributed by atoms with van der Waals surface area (Å²) in [6.45, 7) is -0.452. The first-order chi connectivity index (χ1) is 13.1. The van der Waals surface area contributed by atoms with Gasteiger partial charge in [-0.3, -0.25) is 30.6 Å². The minimum atomic E-state index is -0.606. The number of rotatable bonds is 5. The molecule has 1 unspecified atom stereocenters. The van der Waals surface area contributed by atoms with E-state index in [4.69, 9.17) is 4.74 Å². The predicted molar refractivity (Wildman–Crippen MR) is 97.0 cm³/mol. The lowest BCUT2D eigenvalue weighted by Gasteiger charge is -2.24. The molecule has 2 N–H and O–H groups in total. The fourth-order valence-corrected chi connectivity index (χ4v) is 3.15. The van der Waals surface area contributed by atoms with Crippen LogP contribution < -0.4 is 15.6 Å². The number of ether oxygens (including phenoxy) is 1. The van der Waals surface area contributed by atoms with E-state index in [0.717, 1.165) is 24.0 Å². The van der Waals surface area contributed by atoms with E-state index in [1.807, 2.05) is 24.3 Å². The first-order valence-corrected chi connectivity index (χ1v) is 8.59. The Bertz CT molecular complexity index is 868. The maximum absolute atomic E-state index is 12.4. The summed E-state index contributed by atoms with van der Waals surface area (Å²) in [7, 11) is 0. The Morgan fingerprint density at radius 3 is 2.67 bits per heavy atom. The molecule has 0 heterocycles. The Hall–Kier alpha value is -3.42. The van der Waals surface area contributed by atoms with Crippen LogP contribution in [0, 0.1) is 10.1 Å². The van der Waals surface area contributed by atoms with Crippen molar-refractivity contribution in [2.45, 2.75) is 25.2 Å². The normalized spacial score (nSPS) is 15.3. The van der Waals surface area contributed by atoms with Crippen LogP contribution in [0.3, 0.4) is 0 Å². The largest absolute Gasteiger partial charge is 0.477 e. The number of para-hydroxylation sites is 2. The average molecular weight is 369 g/mol. The van der Waals surface area contributed by atoms with Crippen molar-refractivity contribution in [3.63, 3.8) is 0 Å². The molecular weight excluding hydrogens is 350 g/mol. The molecule has 1 aliphatic rings. The van der Waals surface area contributed by atoms with E-state index in [-0.39, 0.29) is 23.3 Å². The summed E-state index contributed by atoms with van der Waals surface area (Å²) in [5.74, 6) is -1.22. The van der Waals surface area contributed by atoms with Gasteiger partial charge in [-0.15, -0.1) is 0 Å². The van der Waals surface area contributed by atoms with E-state index in [2.05, 4.69) is 10.9 Å². The molecule has 3 rings (SSSR count). The van der Waals surface area contributed by atoms with Crippen molar-refractivity contribution >= 4 is 17.5 Å². The first-order valence-electron chi connectivity index (χ1n) is 8.59. The smallest absolute Gasteiger partial charge is 0.310 e. The van der Waals surface area contributed by atoms with Gasteiger partial charge in [0.05, 0.1) is 10.8 Å². The van der Waals surface area contributed by atoms with Crippen LogP contribution in [-0.2, 0) is 16.0 Å². The minimum Gasteiger partial charge on any atom is -0.477 e. The van der Waals surface area contributed by atoms with Gasteiger partial charge in [0.1, 0.15) is 0 Å². The number of hydrazine groups is 1. The third kappa shape index (κ3) is 4.41. The zero-order valence-corrected chi connectivity index (χ0v) is 14.5. The molecule has 140 valence electrons. The summed E-state index contributed by atoms with van der Waals surface area (Å²) < 4.78 is 5.19. The first kappa shape index (κ1) is 18.4. The molecule has 1 atom stereocenters. The molecule has 1 aliphatic carbocycles. The maximum atomic E-state index is 12.4. The summed E-state index contributed by atoms with van der Waals surface area (Å²) in [6, 6.07) is 13.5. The second-order valence-corrected chi connectivity index (χ2v) is 6.19. The molecule has 8 nitrogen and oxygen atoms in total. The summed E-state index contributed by atoms with van der Waals surface area (Å²) in [4.78, 5) is 34.7. The van der Waals surface area contributed by atoms with E-state index in [1.54, 1.807) is 6.07 Å². The highest BCUT2D eigenvalue weighted by atomic mass is 16.6. The number of aryl methyl sites for hydroxylation is 1. The average Bonchev–Trinajstić information content (AvgIpc) is 2.70. The van der Waals surface area contributed by atoms with Crippen LogP contribution >= 0.6 is 0 Å². The Morgan fingerprint density at radius 1 is 1.11 bits per heavy atom. The molecule has 27 heavy (non-hydrogen) atoms. The summed E-state index contributed by atoms with van der Waals surface area (Å²) in [5, 5.41) is 10.9. The van der Waals surface area contributed by atoms with Gasteiger partial charge in [-0.25, -0.2) is 0 Å². The summed E-state index contributed by atoms with van der Waals surface area (Å²) in [6.07, 6.45) is 2.56. The Morgan fingerprint density at radius 2 is 1.85 bits per heavy atom. The van der Waals surface area contributed by atoms with Crippen molar-refractivity contribution in [3.05, 3.63) is 69.8 Å². The summed E-state index contributed by atoms with van der Waals surface area (Å²) >= 11 is 0. The lowest BCUT2D eigenvalue weighted by Crippen LogP contribution is -2.46. The van der Waals surface area contributed by atoms with Gasteiger partial charge in [-0.1, -0.05) is 36.4 Å². The molecule has 0 saturated heterocycles. The van der Waals surface area contributed by atoms with Gasteiger partial charge < -0.3 is 4.74 Å². The zero-order valence-electron chi connectivity index (χ0n) is 14.5. The van der Waals surface area contributed by atoms with Crippen LogP contribution in [0.4, 0.5) is 5.69 Å². The van der Waals surface area contributed by atoms with Crippen LogP contribution in [0.25, 0.3) is 0 Å². The number of carbonyl (C=O) groups excluding carboxylic acids is 2. The number of nitro benzene ring substituents is 1. The van der Waals surface area contributed by atoms with Crippen molar-refractivity contribution in [3.8, 4) is 5.75 Å². The topological polar surface area (TPSA) is 111 Å². The molecule has 0 aromatic heterocycles. The Labute approximate surface area is 155 Å². The number of hydrogen-bond donors (Lipinski definition) is 2. The lowest BCUT2D eigenvalue weighted by molar-refractivity contribution is -0.385. The van der Waals surface area contributed by atoms with Crippen LogP contribution in [0.5, 0.6) is 5.75 Å². The minimum absolute atomic E-state index is 0.00909. The van der Waals surface area contributed by atoms with E-state index in [9.17, 15) is 19.7 Å². The highest BCUT2D eigenvalue weighted by molar-refractivity contribution is 5.87. The van der Waals surface area contributed by atoms with E-state index in [0.29, 0.717) is 6.42 Å². The molecule has 8 heteroatoms. The van der Waals surface area contributed by atoms with Crippen LogP contribution in [-0.4, -0.2) is 23.3 Å². The second kappa shape index (κ2) is 8.31. The second-order valence-electron chi connectivity index (χ2n) is 6.19. The van der Waals surface area contributed by atoms with Gasteiger partial charge >= 0.3 is 5.69 Å². The molecule has 0 saturated carbocycles. The third-order valence-electron chi connectivity index (χ3n) is 4.43. The number of nitrogens with zero attached hydrogens (tertiary/aromatic N) is 1. The molecule has 2 amide bonds. The van der Waals surface area contributed by atoms with Gasteiger partial charge in [-0.05, 0) is 36.5 Å². The molecule has 2 aromatic carbocycles. The number of hydrogen-bond acceptors (Lipinski definition) is 5. The van der Waals surface area contributed by atoms with Gasteiger partial charge in [-0.2, -0.15) is 0 Å². The van der Waals surface area contributed by atoms with E-state index < -0.39 is 17.4 Å². The molecule has 0 aliphatic heterocycles. The van der Waals surface area contributed by atoms with E-state index >= 15 is 0 Å². The number of carbonyl (C=O) groups is 2. The standard InChI is InChI=1S/C19H19N3O5/c23-18(12-27-17-11-4-3-10-16(17)22(25)26)20-21-19(24)15-9-5-7-13-6-1-2-8-14(13)15/h1-4,6,8,10-11,15H,5,7,9,12H2,(H,20,23)(H,21,24). The number of amides is 2. The molecule has 0 bridgehead atoms. The molecule has 0 spiro atoms. The molecular formula is C19H19N3O5. The lowest BCUT2D eigenvalue weighted by atomic mass is 9.82. The Balaban J connectivity index is 1.53. The number of fused-ring (bicyclic) bond motifs is 1. The van der Waals surface area contributed by atoms with Crippen molar-refractivity contribution in [2.24, 2.45) is 0 Å². The van der Waals surface area contributed by atoms with Gasteiger partial charge in [0.15, 0.2) is 12.4 Å². The monoisotopic (exact) mass is 369 g/mol. The van der Waals surface area contributed by atoms with Crippen LogP contribution in [0.1, 0.15) is 29.9 Å². The van der Waals surface area contributed by atoms with E-state index in [1.165, 1.54) is 18.2 Å². The van der Waals surface area contributed by atoms with Crippen LogP contribution in [0.15, 0.2) is 48.5 Å². The quantitative estimate of drug-likeness (QED) is 0.620. The van der Waals surface area contributed by atoms with Crippen molar-refractivity contribution in [1.82, 2.24) is 10.9 Å². The van der Waals surface area contributed by atoms with Gasteiger partial charge in [0.25, 0.3) is 5.91 Å². The summed E-state index contributed by atoms with van der Waals surface area (Å²) in [5.41, 5.74) is 6.61. The highest BCUT2D eigenvalue weighted by Crippen LogP contribution is 2.31. The van der Waals surface area contributed by atoms with Gasteiger partial charge in [0.2, 0.25) is 5.91 Å². The molecule has 2 aromatic rings. The fraction of sp³-hybridized carbons (Fsp3) is 0.263. The zero-order chi connectivity index (χ0) is 19.2. The molecule has 0 fully saturated rings. The van der Waals surface area contributed by atoms with Crippen LogP contribution in [0.2, 0.25) is 0 Å². The van der Waals surface area contributed by atoms with Gasteiger partial charge in [0, 0.05) is 6.07 Å². The highest BCUT2D eigenvalue weighted by Gasteiger charge is 2.26. The van der Waals surface area contributed by atoms with Crippen molar-refractivity contribution in [2.75, 3.05) is 6.61 Å². The number of nitro groups is 1. The third-order valence-corrected chi connectivity index (χ3v) is 4.43. The predicted octanol–water partition coefficient (Wildman–Crippen LogP) is 2.24. The number of nitrogens with one attached hydrogen (secondary N) is 2. The molecule has 0 radical (unpaired) electrons. The maximum Gasteiger partial charge on any atom is 0.310 e. The SMILES string of the molecule is O=C(COc1ccccc1[N+](=O)[O-])NNC(=O)C1CCCc2ccccc21. The van der Waals surface area contributed by atoms with Crippen molar-refractivity contribution in [1.29, 1.82) is 0 Å². The fourth-order valence-electron chi connectivity index (χ4n) is 3.15. The van der Waals surface area contributed by atoms with Crippen molar-refractivity contribution < 1.29 is 19.2 Å².